The highest BCUT2D eigenvalue weighted by atomic mass is 19.1. The van der Waals surface area contributed by atoms with E-state index in [1.807, 2.05) is 6.07 Å². The van der Waals surface area contributed by atoms with E-state index in [1.165, 1.54) is 18.2 Å². The number of hydrogen-bond acceptors (Lipinski definition) is 3. The van der Waals surface area contributed by atoms with Crippen molar-refractivity contribution in [2.24, 2.45) is 0 Å². The molecule has 2 aromatic carbocycles. The lowest BCUT2D eigenvalue weighted by atomic mass is 10.2. The maximum absolute atomic E-state index is 13.5. The summed E-state index contributed by atoms with van der Waals surface area (Å²) in [4.78, 5) is 11.9. The van der Waals surface area contributed by atoms with Gasteiger partial charge >= 0.3 is 0 Å². The molecular formula is C15H15FN2O2. The summed E-state index contributed by atoms with van der Waals surface area (Å²) in [6.45, 7) is 1.59. The number of carbonyl (C=O) groups is 1. The van der Waals surface area contributed by atoms with Gasteiger partial charge in [-0.2, -0.15) is 0 Å². The normalized spacial score (nSPS) is 11.7. The monoisotopic (exact) mass is 274 g/mol. The van der Waals surface area contributed by atoms with Gasteiger partial charge in [0.2, 0.25) is 0 Å². The first-order valence-corrected chi connectivity index (χ1v) is 6.14. The summed E-state index contributed by atoms with van der Waals surface area (Å²) in [7, 11) is 0. The van der Waals surface area contributed by atoms with Gasteiger partial charge < -0.3 is 15.8 Å². The Balaban J connectivity index is 2.02. The Labute approximate surface area is 116 Å². The van der Waals surface area contributed by atoms with Crippen LogP contribution in [0, 0.1) is 5.82 Å². The number of nitrogens with one attached hydrogen (secondary N) is 1. The fraction of sp³-hybridized carbons (Fsp3) is 0.133. The lowest BCUT2D eigenvalue weighted by molar-refractivity contribution is -0.122. The minimum absolute atomic E-state index is 0.0403. The van der Waals surface area contributed by atoms with Crippen LogP contribution in [0.5, 0.6) is 5.75 Å². The first-order chi connectivity index (χ1) is 9.56. The van der Waals surface area contributed by atoms with Crippen molar-refractivity contribution in [3.63, 3.8) is 0 Å². The van der Waals surface area contributed by atoms with Crippen molar-refractivity contribution < 1.29 is 13.9 Å². The van der Waals surface area contributed by atoms with Crippen LogP contribution in [-0.4, -0.2) is 12.0 Å². The van der Waals surface area contributed by atoms with Crippen LogP contribution in [0.3, 0.4) is 0 Å². The number of anilines is 2. The molecule has 2 rings (SSSR count). The quantitative estimate of drug-likeness (QED) is 0.843. The molecule has 0 saturated heterocycles. The van der Waals surface area contributed by atoms with Crippen LogP contribution in [0.4, 0.5) is 15.8 Å². The molecule has 0 aromatic heterocycles. The zero-order valence-corrected chi connectivity index (χ0v) is 11.0. The Kier molecular flexibility index (Phi) is 4.20. The minimum atomic E-state index is -0.752. The molecular weight excluding hydrogens is 259 g/mol. The second-order valence-electron chi connectivity index (χ2n) is 4.30. The summed E-state index contributed by atoms with van der Waals surface area (Å²) in [6, 6.07) is 12.9. The lowest BCUT2D eigenvalue weighted by Crippen LogP contribution is -2.30. The zero-order valence-electron chi connectivity index (χ0n) is 11.0. The molecule has 3 N–H and O–H groups in total. The highest BCUT2D eigenvalue weighted by Crippen LogP contribution is 2.18. The molecule has 1 atom stereocenters. The molecule has 4 nitrogen and oxygen atoms in total. The smallest absolute Gasteiger partial charge is 0.265 e. The van der Waals surface area contributed by atoms with E-state index in [2.05, 4.69) is 5.32 Å². The molecule has 0 aliphatic carbocycles. The maximum atomic E-state index is 13.5. The molecule has 104 valence electrons. The van der Waals surface area contributed by atoms with Crippen molar-refractivity contribution in [1.29, 1.82) is 0 Å². The number of rotatable bonds is 4. The van der Waals surface area contributed by atoms with Crippen molar-refractivity contribution in [2.75, 3.05) is 11.1 Å². The summed E-state index contributed by atoms with van der Waals surface area (Å²) >= 11 is 0. The van der Waals surface area contributed by atoms with Gasteiger partial charge in [0.15, 0.2) is 6.10 Å². The third kappa shape index (κ3) is 3.47. The zero-order chi connectivity index (χ0) is 14.5. The molecule has 0 heterocycles. The molecule has 0 spiro atoms. The third-order valence-corrected chi connectivity index (χ3v) is 2.67. The Morgan fingerprint density at radius 3 is 2.65 bits per heavy atom. The molecule has 0 aliphatic heterocycles. The summed E-state index contributed by atoms with van der Waals surface area (Å²) in [5.41, 5.74) is 5.97. The second kappa shape index (κ2) is 6.06. The number of nitrogens with two attached hydrogens (primary N) is 1. The topological polar surface area (TPSA) is 64.3 Å². The van der Waals surface area contributed by atoms with E-state index in [0.29, 0.717) is 11.4 Å². The number of benzene rings is 2. The SMILES string of the molecule is CC(Oc1ccccc1)C(=O)Nc1cc(N)ccc1F. The number of amides is 1. The van der Waals surface area contributed by atoms with Crippen LogP contribution in [0.25, 0.3) is 0 Å². The predicted molar refractivity (Wildman–Crippen MR) is 76.0 cm³/mol. The van der Waals surface area contributed by atoms with Crippen LogP contribution in [0.15, 0.2) is 48.5 Å². The average molecular weight is 274 g/mol. The van der Waals surface area contributed by atoms with Gasteiger partial charge in [0.1, 0.15) is 11.6 Å². The fourth-order valence-electron chi connectivity index (χ4n) is 1.63. The molecule has 1 unspecified atom stereocenters. The number of ether oxygens (including phenoxy) is 1. The van der Waals surface area contributed by atoms with Gasteiger partial charge in [0.25, 0.3) is 5.91 Å². The van der Waals surface area contributed by atoms with Crippen molar-refractivity contribution in [1.82, 2.24) is 0 Å². The van der Waals surface area contributed by atoms with E-state index >= 15 is 0 Å². The van der Waals surface area contributed by atoms with Gasteiger partial charge in [-0.25, -0.2) is 4.39 Å². The second-order valence-corrected chi connectivity index (χ2v) is 4.30. The van der Waals surface area contributed by atoms with Crippen LogP contribution in [0.2, 0.25) is 0 Å². The van der Waals surface area contributed by atoms with Gasteiger partial charge in [0, 0.05) is 5.69 Å². The summed E-state index contributed by atoms with van der Waals surface area (Å²) < 4.78 is 19.0. The van der Waals surface area contributed by atoms with Gasteiger partial charge in [-0.15, -0.1) is 0 Å². The highest BCUT2D eigenvalue weighted by Gasteiger charge is 2.16. The number of carbonyl (C=O) groups excluding carboxylic acids is 1. The number of nitrogen functional groups attached to an aromatic ring is 1. The first-order valence-electron chi connectivity index (χ1n) is 6.14. The maximum Gasteiger partial charge on any atom is 0.265 e. The van der Waals surface area contributed by atoms with E-state index in [9.17, 15) is 9.18 Å². The van der Waals surface area contributed by atoms with E-state index < -0.39 is 17.8 Å². The minimum Gasteiger partial charge on any atom is -0.481 e. The lowest BCUT2D eigenvalue weighted by Gasteiger charge is -2.15. The molecule has 2 aromatic rings. The van der Waals surface area contributed by atoms with Crippen LogP contribution < -0.4 is 15.8 Å². The number of halogens is 1. The van der Waals surface area contributed by atoms with Crippen LogP contribution in [-0.2, 0) is 4.79 Å². The van der Waals surface area contributed by atoms with Gasteiger partial charge in [-0.05, 0) is 37.3 Å². The molecule has 0 aliphatic rings. The summed E-state index contributed by atoms with van der Waals surface area (Å²) in [5.74, 6) is -0.416. The van der Waals surface area contributed by atoms with Gasteiger partial charge in [-0.1, -0.05) is 18.2 Å². The van der Waals surface area contributed by atoms with Crippen molar-refractivity contribution in [2.45, 2.75) is 13.0 Å². The summed E-state index contributed by atoms with van der Waals surface area (Å²) in [5, 5.41) is 2.45. The standard InChI is InChI=1S/C15H15FN2O2/c1-10(20-12-5-3-2-4-6-12)15(19)18-14-9-11(17)7-8-13(14)16/h2-10H,17H2,1H3,(H,18,19). The van der Waals surface area contributed by atoms with Gasteiger partial charge in [-0.3, -0.25) is 4.79 Å². The van der Waals surface area contributed by atoms with Crippen molar-refractivity contribution in [3.8, 4) is 5.75 Å². The van der Waals surface area contributed by atoms with Crippen molar-refractivity contribution in [3.05, 3.63) is 54.3 Å². The average Bonchev–Trinajstić information content (AvgIpc) is 2.44. The molecule has 1 amide bonds. The first kappa shape index (κ1) is 13.9. The highest BCUT2D eigenvalue weighted by molar-refractivity contribution is 5.94. The Morgan fingerprint density at radius 1 is 1.25 bits per heavy atom. The van der Waals surface area contributed by atoms with E-state index in [0.717, 1.165) is 0 Å². The fourth-order valence-corrected chi connectivity index (χ4v) is 1.63. The molecule has 0 radical (unpaired) electrons. The Bertz CT molecular complexity index is 602. The molecule has 5 heteroatoms. The largest absolute Gasteiger partial charge is 0.481 e. The van der Waals surface area contributed by atoms with Gasteiger partial charge in [0.05, 0.1) is 5.69 Å². The molecule has 0 saturated carbocycles. The molecule has 20 heavy (non-hydrogen) atoms. The Hall–Kier alpha value is -2.56. The van der Waals surface area contributed by atoms with E-state index in [-0.39, 0.29) is 5.69 Å². The van der Waals surface area contributed by atoms with E-state index in [4.69, 9.17) is 10.5 Å². The summed E-state index contributed by atoms with van der Waals surface area (Å²) in [6.07, 6.45) is -0.752. The number of hydrogen-bond donors (Lipinski definition) is 2. The van der Waals surface area contributed by atoms with Crippen LogP contribution >= 0.6 is 0 Å². The number of para-hydroxylation sites is 1. The Morgan fingerprint density at radius 2 is 1.95 bits per heavy atom. The predicted octanol–water partition coefficient (Wildman–Crippen LogP) is 2.81. The molecule has 0 bridgehead atoms. The van der Waals surface area contributed by atoms with E-state index in [1.54, 1.807) is 31.2 Å². The molecule has 0 fully saturated rings. The van der Waals surface area contributed by atoms with Crippen molar-refractivity contribution >= 4 is 17.3 Å². The van der Waals surface area contributed by atoms with Crippen LogP contribution in [0.1, 0.15) is 6.92 Å². The third-order valence-electron chi connectivity index (χ3n) is 2.67.